The highest BCUT2D eigenvalue weighted by molar-refractivity contribution is 6.01. The number of amides is 1. The molecule has 0 bridgehead atoms. The largest absolute Gasteiger partial charge is 0.508 e. The number of carboxylic acids is 1. The number of fused-ring (bicyclic) bond motifs is 2. The van der Waals surface area contributed by atoms with E-state index < -0.39 is 17.7 Å². The molecule has 2 aromatic carbocycles. The van der Waals surface area contributed by atoms with Crippen LogP contribution in [0.15, 0.2) is 43.2 Å². The van der Waals surface area contributed by atoms with Gasteiger partial charge in [-0.05, 0) is 51.0 Å². The van der Waals surface area contributed by atoms with Gasteiger partial charge in [0.25, 0.3) is 0 Å². The maximum atomic E-state index is 13.1. The third-order valence-electron chi connectivity index (χ3n) is 4.20. The van der Waals surface area contributed by atoms with Crippen molar-refractivity contribution in [2.45, 2.75) is 39.2 Å². The number of benzene rings is 2. The second-order valence-corrected chi connectivity index (χ2v) is 7.67. The normalized spacial score (nSPS) is 12.3. The lowest BCUT2D eigenvalue weighted by Crippen LogP contribution is -2.35. The van der Waals surface area contributed by atoms with Crippen LogP contribution in [0.3, 0.4) is 0 Å². The van der Waals surface area contributed by atoms with Gasteiger partial charge >= 0.3 is 12.1 Å². The summed E-state index contributed by atoms with van der Waals surface area (Å²) in [5, 5.41) is 19.3. The quantitative estimate of drug-likeness (QED) is 0.656. The minimum absolute atomic E-state index is 0.0928. The van der Waals surface area contributed by atoms with E-state index in [0.29, 0.717) is 28.4 Å². The lowest BCUT2D eigenvalue weighted by atomic mass is 10.0. The summed E-state index contributed by atoms with van der Waals surface area (Å²) in [4.78, 5) is 25.3. The van der Waals surface area contributed by atoms with Gasteiger partial charge < -0.3 is 24.4 Å². The summed E-state index contributed by atoms with van der Waals surface area (Å²) in [7, 11) is 0. The van der Waals surface area contributed by atoms with E-state index in [1.165, 1.54) is 23.3 Å². The van der Waals surface area contributed by atoms with E-state index in [1.807, 2.05) is 0 Å². The molecule has 1 amide bonds. The molecular formula is C22H23NO7. The van der Waals surface area contributed by atoms with Crippen molar-refractivity contribution in [2.24, 2.45) is 0 Å². The molecule has 30 heavy (non-hydrogen) atoms. The van der Waals surface area contributed by atoms with Crippen molar-refractivity contribution in [1.82, 2.24) is 0 Å². The molecule has 0 spiro atoms. The lowest BCUT2D eigenvalue weighted by molar-refractivity contribution is -0.136. The van der Waals surface area contributed by atoms with E-state index in [4.69, 9.17) is 19.3 Å². The first-order valence-corrected chi connectivity index (χ1v) is 9.29. The van der Waals surface area contributed by atoms with Crippen LogP contribution < -0.4 is 14.4 Å². The predicted octanol–water partition coefficient (Wildman–Crippen LogP) is 5.11. The van der Waals surface area contributed by atoms with Crippen molar-refractivity contribution in [2.75, 3.05) is 4.90 Å². The summed E-state index contributed by atoms with van der Waals surface area (Å²) in [6.07, 6.45) is 0.555. The first-order chi connectivity index (χ1) is 14.1. The molecule has 0 aliphatic carbocycles. The standard InChI is InChI=1S/C22H23NO7/c1-5-28-14-7-8-15-18(11-14)29-19-12-17(24)13(6-9-20(25)26)10-16(19)23(15)21(27)30-22(2,3)4/h5,7-8,10-12,24H,1,6,9H2,2-4H3,(H,25,26). The number of hydrogen-bond acceptors (Lipinski definition) is 6. The van der Waals surface area contributed by atoms with Crippen LogP contribution in [0.2, 0.25) is 0 Å². The molecule has 0 saturated heterocycles. The molecule has 0 saturated carbocycles. The summed E-state index contributed by atoms with van der Waals surface area (Å²) < 4.78 is 16.7. The third-order valence-corrected chi connectivity index (χ3v) is 4.20. The number of nitrogens with zero attached hydrogens (tertiary/aromatic N) is 1. The van der Waals surface area contributed by atoms with Crippen LogP contribution >= 0.6 is 0 Å². The summed E-state index contributed by atoms with van der Waals surface area (Å²) in [6.45, 7) is 8.78. The van der Waals surface area contributed by atoms with Gasteiger partial charge in [-0.1, -0.05) is 6.58 Å². The van der Waals surface area contributed by atoms with E-state index in [-0.39, 0.29) is 24.3 Å². The molecule has 2 N–H and O–H groups in total. The van der Waals surface area contributed by atoms with Gasteiger partial charge in [0.1, 0.15) is 17.1 Å². The van der Waals surface area contributed by atoms with Crippen LogP contribution in [0.1, 0.15) is 32.8 Å². The number of phenolic OH excluding ortho intramolecular Hbond substituents is 1. The van der Waals surface area contributed by atoms with Crippen LogP contribution in [-0.4, -0.2) is 27.9 Å². The highest BCUT2D eigenvalue weighted by Gasteiger charge is 2.34. The Morgan fingerprint density at radius 2 is 1.87 bits per heavy atom. The zero-order valence-corrected chi connectivity index (χ0v) is 17.0. The van der Waals surface area contributed by atoms with Crippen LogP contribution in [-0.2, 0) is 16.0 Å². The van der Waals surface area contributed by atoms with E-state index in [2.05, 4.69) is 6.58 Å². The van der Waals surface area contributed by atoms with Crippen molar-refractivity contribution in [1.29, 1.82) is 0 Å². The zero-order valence-electron chi connectivity index (χ0n) is 17.0. The fourth-order valence-corrected chi connectivity index (χ4v) is 2.98. The number of carbonyl (C=O) groups is 2. The van der Waals surface area contributed by atoms with Gasteiger partial charge in [-0.3, -0.25) is 4.79 Å². The number of phenols is 1. The number of aliphatic carboxylic acids is 1. The monoisotopic (exact) mass is 413 g/mol. The molecule has 0 aromatic heterocycles. The zero-order chi connectivity index (χ0) is 22.1. The maximum Gasteiger partial charge on any atom is 0.419 e. The molecule has 158 valence electrons. The Balaban J connectivity index is 2.11. The third kappa shape index (κ3) is 4.48. The lowest BCUT2D eigenvalue weighted by Gasteiger charge is -2.33. The highest BCUT2D eigenvalue weighted by atomic mass is 16.6. The van der Waals surface area contributed by atoms with E-state index in [1.54, 1.807) is 39.0 Å². The maximum absolute atomic E-state index is 13.1. The summed E-state index contributed by atoms with van der Waals surface area (Å²) in [5.41, 5.74) is 0.392. The molecule has 0 radical (unpaired) electrons. The Bertz CT molecular complexity index is 1010. The Labute approximate surface area is 173 Å². The first-order valence-electron chi connectivity index (χ1n) is 9.29. The van der Waals surface area contributed by atoms with Gasteiger partial charge in [0.2, 0.25) is 0 Å². The van der Waals surface area contributed by atoms with Crippen LogP contribution in [0.4, 0.5) is 16.2 Å². The predicted molar refractivity (Wildman–Crippen MR) is 110 cm³/mol. The molecule has 1 aliphatic heterocycles. The van der Waals surface area contributed by atoms with E-state index in [0.717, 1.165) is 0 Å². The van der Waals surface area contributed by atoms with Crippen LogP contribution in [0.25, 0.3) is 0 Å². The van der Waals surface area contributed by atoms with Gasteiger partial charge in [0, 0.05) is 18.6 Å². The summed E-state index contributed by atoms with van der Waals surface area (Å²) >= 11 is 0. The number of ether oxygens (including phenoxy) is 3. The Morgan fingerprint density at radius 3 is 2.50 bits per heavy atom. The molecular weight excluding hydrogens is 390 g/mol. The Morgan fingerprint density at radius 1 is 1.17 bits per heavy atom. The topological polar surface area (TPSA) is 106 Å². The highest BCUT2D eigenvalue weighted by Crippen LogP contribution is 2.50. The minimum atomic E-state index is -0.993. The smallest absolute Gasteiger partial charge is 0.419 e. The second-order valence-electron chi connectivity index (χ2n) is 7.67. The Kier molecular flexibility index (Phi) is 5.60. The van der Waals surface area contributed by atoms with Crippen LogP contribution in [0.5, 0.6) is 23.0 Å². The number of carbonyl (C=O) groups excluding carboxylic acids is 1. The average molecular weight is 413 g/mol. The number of aryl methyl sites for hydroxylation is 1. The SMILES string of the molecule is C=COc1ccc2c(c1)Oc1cc(O)c(CCC(=O)O)cc1N2C(=O)OC(C)(C)C. The second kappa shape index (κ2) is 7.98. The Hall–Kier alpha value is -3.68. The van der Waals surface area contributed by atoms with Gasteiger partial charge in [-0.2, -0.15) is 0 Å². The first kappa shape index (κ1) is 21.0. The number of anilines is 2. The van der Waals surface area contributed by atoms with Crippen molar-refractivity contribution in [3.05, 3.63) is 48.7 Å². The fraction of sp³-hybridized carbons (Fsp3) is 0.273. The molecule has 2 aromatic rings. The van der Waals surface area contributed by atoms with Crippen molar-refractivity contribution in [3.8, 4) is 23.0 Å². The summed E-state index contributed by atoms with van der Waals surface area (Å²) in [6, 6.07) is 7.78. The molecule has 1 heterocycles. The van der Waals surface area contributed by atoms with Crippen molar-refractivity contribution >= 4 is 23.4 Å². The van der Waals surface area contributed by atoms with E-state index in [9.17, 15) is 14.7 Å². The van der Waals surface area contributed by atoms with E-state index >= 15 is 0 Å². The van der Waals surface area contributed by atoms with Gasteiger partial charge in [-0.25, -0.2) is 9.69 Å². The number of hydrogen-bond donors (Lipinski definition) is 2. The van der Waals surface area contributed by atoms with Crippen molar-refractivity contribution < 1.29 is 34.0 Å². The molecule has 0 atom stereocenters. The van der Waals surface area contributed by atoms with Gasteiger partial charge in [0.15, 0.2) is 11.5 Å². The molecule has 3 rings (SSSR count). The van der Waals surface area contributed by atoms with Crippen molar-refractivity contribution in [3.63, 3.8) is 0 Å². The molecule has 8 nitrogen and oxygen atoms in total. The van der Waals surface area contributed by atoms with Crippen LogP contribution in [0, 0.1) is 0 Å². The number of carboxylic acid groups (broad SMARTS) is 1. The molecule has 1 aliphatic rings. The van der Waals surface area contributed by atoms with Gasteiger partial charge in [-0.15, -0.1) is 0 Å². The fourth-order valence-electron chi connectivity index (χ4n) is 2.98. The number of aromatic hydroxyl groups is 1. The summed E-state index contributed by atoms with van der Waals surface area (Å²) in [5.74, 6) is -0.113. The average Bonchev–Trinajstić information content (AvgIpc) is 2.63. The molecule has 8 heteroatoms. The molecule has 0 fully saturated rings. The minimum Gasteiger partial charge on any atom is -0.508 e. The van der Waals surface area contributed by atoms with Gasteiger partial charge in [0.05, 0.1) is 17.6 Å². The number of rotatable bonds is 5. The molecule has 0 unspecified atom stereocenters.